The van der Waals surface area contributed by atoms with E-state index in [1.165, 1.54) is 0 Å². The second kappa shape index (κ2) is 9.39. The zero-order chi connectivity index (χ0) is 20.9. The van der Waals surface area contributed by atoms with Gasteiger partial charge in [-0.3, -0.25) is 0 Å². The molecule has 0 unspecified atom stereocenters. The molecule has 2 aromatic carbocycles. The number of ether oxygens (including phenoxy) is 2. The van der Waals surface area contributed by atoms with Crippen molar-refractivity contribution in [2.45, 2.75) is 59.7 Å². The largest absolute Gasteiger partial charge is 0.493 e. The lowest BCUT2D eigenvalue weighted by atomic mass is 9.82. The summed E-state index contributed by atoms with van der Waals surface area (Å²) < 4.78 is 11.7. The molecular weight excluding hydrogens is 393 g/mol. The van der Waals surface area contributed by atoms with Crippen molar-refractivity contribution >= 4 is 23.2 Å². The van der Waals surface area contributed by atoms with Crippen LogP contribution in [0.3, 0.4) is 0 Å². The maximum atomic E-state index is 6.28. The molecule has 0 aliphatic heterocycles. The highest BCUT2D eigenvalue weighted by atomic mass is 35.5. The van der Waals surface area contributed by atoms with Gasteiger partial charge in [-0.05, 0) is 43.9 Å². The minimum absolute atomic E-state index is 0.00190. The molecule has 5 heteroatoms. The monoisotopic (exact) mass is 423 g/mol. The number of hydrogen-bond acceptors (Lipinski definition) is 3. The molecule has 0 saturated carbocycles. The Labute approximate surface area is 179 Å². The highest BCUT2D eigenvalue weighted by Gasteiger charge is 2.25. The van der Waals surface area contributed by atoms with E-state index in [0.29, 0.717) is 28.9 Å². The maximum absolute atomic E-state index is 6.28. The van der Waals surface area contributed by atoms with Crippen molar-refractivity contribution in [2.24, 2.45) is 5.41 Å². The van der Waals surface area contributed by atoms with Gasteiger partial charge < -0.3 is 14.8 Å². The quantitative estimate of drug-likeness (QED) is 0.501. The minimum Gasteiger partial charge on any atom is -0.493 e. The Hall–Kier alpha value is -1.42. The summed E-state index contributed by atoms with van der Waals surface area (Å²) in [5.74, 6) is 1.44. The third kappa shape index (κ3) is 6.88. The van der Waals surface area contributed by atoms with Gasteiger partial charge >= 0.3 is 0 Å². The first kappa shape index (κ1) is 22.9. The van der Waals surface area contributed by atoms with Crippen LogP contribution in [0, 0.1) is 5.41 Å². The second-order valence-corrected chi connectivity index (χ2v) is 9.79. The van der Waals surface area contributed by atoms with Gasteiger partial charge in [0.25, 0.3) is 0 Å². The van der Waals surface area contributed by atoms with E-state index in [1.54, 1.807) is 13.2 Å². The van der Waals surface area contributed by atoms with Gasteiger partial charge in [0.15, 0.2) is 11.5 Å². The molecule has 3 nitrogen and oxygen atoms in total. The van der Waals surface area contributed by atoms with Gasteiger partial charge in [-0.25, -0.2) is 0 Å². The lowest BCUT2D eigenvalue weighted by Crippen LogP contribution is -2.41. The fraction of sp³-hybridized carbons (Fsp3) is 0.478. The molecule has 0 atom stereocenters. The van der Waals surface area contributed by atoms with E-state index in [0.717, 1.165) is 23.3 Å². The summed E-state index contributed by atoms with van der Waals surface area (Å²) in [5.41, 5.74) is 2.17. The third-order valence-corrected chi connectivity index (χ3v) is 4.98. The molecule has 0 radical (unpaired) electrons. The van der Waals surface area contributed by atoms with Crippen molar-refractivity contribution in [3.05, 3.63) is 57.6 Å². The summed E-state index contributed by atoms with van der Waals surface area (Å²) >= 11 is 12.3. The molecule has 0 bridgehead atoms. The third-order valence-electron chi connectivity index (χ3n) is 4.40. The SMILES string of the molecule is COc1cccc(CNC(C)(C)CC(C)(C)C)c1OCc1ccc(Cl)cc1Cl. The highest BCUT2D eigenvalue weighted by molar-refractivity contribution is 6.35. The number of methoxy groups -OCH3 is 1. The molecule has 0 amide bonds. The van der Waals surface area contributed by atoms with Gasteiger partial charge in [-0.1, -0.05) is 62.2 Å². The molecule has 0 aromatic heterocycles. The molecule has 1 N–H and O–H groups in total. The average molecular weight is 424 g/mol. The van der Waals surface area contributed by atoms with Crippen LogP contribution in [0.25, 0.3) is 0 Å². The zero-order valence-corrected chi connectivity index (χ0v) is 19.2. The fourth-order valence-corrected chi connectivity index (χ4v) is 4.00. The lowest BCUT2D eigenvalue weighted by Gasteiger charge is -2.33. The lowest BCUT2D eigenvalue weighted by molar-refractivity contribution is 0.237. The first-order valence-electron chi connectivity index (χ1n) is 9.48. The van der Waals surface area contributed by atoms with Gasteiger partial charge in [0.05, 0.1) is 7.11 Å². The predicted molar refractivity (Wildman–Crippen MR) is 119 cm³/mol. The van der Waals surface area contributed by atoms with E-state index in [2.05, 4.69) is 46.0 Å². The zero-order valence-electron chi connectivity index (χ0n) is 17.7. The Morgan fingerprint density at radius 2 is 1.68 bits per heavy atom. The summed E-state index contributed by atoms with van der Waals surface area (Å²) in [6, 6.07) is 11.4. The first-order chi connectivity index (χ1) is 13.0. The minimum atomic E-state index is -0.00190. The number of halogens is 2. The Morgan fingerprint density at radius 3 is 2.29 bits per heavy atom. The fourth-order valence-electron chi connectivity index (χ4n) is 3.54. The van der Waals surface area contributed by atoms with Crippen LogP contribution in [0.15, 0.2) is 36.4 Å². The van der Waals surface area contributed by atoms with E-state index < -0.39 is 0 Å². The summed E-state index contributed by atoms with van der Waals surface area (Å²) in [7, 11) is 1.65. The summed E-state index contributed by atoms with van der Waals surface area (Å²) in [6.45, 7) is 12.3. The standard InChI is InChI=1S/C23H31Cl2NO2/c1-22(2,3)15-23(4,5)26-13-16-8-7-9-20(27-6)21(16)28-14-17-10-11-18(24)12-19(17)25/h7-12,26H,13-15H2,1-6H3. The molecule has 2 rings (SSSR count). The van der Waals surface area contributed by atoms with Gasteiger partial charge in [-0.15, -0.1) is 0 Å². The van der Waals surface area contributed by atoms with Gasteiger partial charge in [-0.2, -0.15) is 0 Å². The molecule has 0 spiro atoms. The summed E-state index contributed by atoms with van der Waals surface area (Å²) in [5, 5.41) is 4.86. The van der Waals surface area contributed by atoms with Crippen LogP contribution in [0.1, 0.15) is 52.2 Å². The number of rotatable bonds is 8. The average Bonchev–Trinajstić information content (AvgIpc) is 2.57. The number of hydrogen-bond donors (Lipinski definition) is 1. The van der Waals surface area contributed by atoms with Crippen molar-refractivity contribution in [3.63, 3.8) is 0 Å². The van der Waals surface area contributed by atoms with E-state index >= 15 is 0 Å². The summed E-state index contributed by atoms with van der Waals surface area (Å²) in [6.07, 6.45) is 1.06. The van der Waals surface area contributed by atoms with E-state index in [9.17, 15) is 0 Å². The molecule has 154 valence electrons. The van der Waals surface area contributed by atoms with Crippen molar-refractivity contribution in [1.29, 1.82) is 0 Å². The molecule has 0 aliphatic rings. The highest BCUT2D eigenvalue weighted by Crippen LogP contribution is 2.34. The van der Waals surface area contributed by atoms with Gasteiger partial charge in [0, 0.05) is 33.3 Å². The normalized spacial score (nSPS) is 12.1. The molecule has 0 saturated heterocycles. The van der Waals surface area contributed by atoms with Crippen LogP contribution in [0.4, 0.5) is 0 Å². The Morgan fingerprint density at radius 1 is 0.964 bits per heavy atom. The molecule has 0 heterocycles. The second-order valence-electron chi connectivity index (χ2n) is 8.95. The summed E-state index contributed by atoms with van der Waals surface area (Å²) in [4.78, 5) is 0. The van der Waals surface area contributed by atoms with Crippen LogP contribution in [0.2, 0.25) is 10.0 Å². The van der Waals surface area contributed by atoms with Crippen LogP contribution in [-0.2, 0) is 13.2 Å². The Kier molecular flexibility index (Phi) is 7.66. The van der Waals surface area contributed by atoms with Gasteiger partial charge in [0.2, 0.25) is 0 Å². The van der Waals surface area contributed by atoms with Crippen LogP contribution in [-0.4, -0.2) is 12.6 Å². The molecular formula is C23H31Cl2NO2. The molecule has 0 aliphatic carbocycles. The molecule has 2 aromatic rings. The van der Waals surface area contributed by atoms with E-state index in [-0.39, 0.29) is 11.0 Å². The van der Waals surface area contributed by atoms with E-state index in [1.807, 2.05) is 24.3 Å². The topological polar surface area (TPSA) is 30.5 Å². The van der Waals surface area contributed by atoms with Crippen LogP contribution >= 0.6 is 23.2 Å². The first-order valence-corrected chi connectivity index (χ1v) is 10.2. The van der Waals surface area contributed by atoms with Crippen molar-refractivity contribution < 1.29 is 9.47 Å². The Balaban J connectivity index is 2.17. The Bertz CT molecular complexity index is 798. The number of para-hydroxylation sites is 1. The van der Waals surface area contributed by atoms with E-state index in [4.69, 9.17) is 32.7 Å². The van der Waals surface area contributed by atoms with Crippen LogP contribution < -0.4 is 14.8 Å². The van der Waals surface area contributed by atoms with Crippen molar-refractivity contribution in [1.82, 2.24) is 5.32 Å². The number of nitrogens with one attached hydrogen (secondary N) is 1. The van der Waals surface area contributed by atoms with Crippen molar-refractivity contribution in [2.75, 3.05) is 7.11 Å². The smallest absolute Gasteiger partial charge is 0.166 e. The van der Waals surface area contributed by atoms with Crippen LogP contribution in [0.5, 0.6) is 11.5 Å². The molecule has 0 fully saturated rings. The maximum Gasteiger partial charge on any atom is 0.166 e. The molecule has 28 heavy (non-hydrogen) atoms. The predicted octanol–water partition coefficient (Wildman–Crippen LogP) is 6.89. The van der Waals surface area contributed by atoms with Gasteiger partial charge in [0.1, 0.15) is 6.61 Å². The van der Waals surface area contributed by atoms with Crippen molar-refractivity contribution in [3.8, 4) is 11.5 Å². The number of benzene rings is 2.